The number of benzene rings is 1. The number of unbranched alkanes of at least 4 members (excludes halogenated alkanes) is 1. The monoisotopic (exact) mass is 288 g/mol. The molecule has 0 aliphatic rings. The average Bonchev–Trinajstić information content (AvgIpc) is 2.50. The van der Waals surface area contributed by atoms with Gasteiger partial charge in [0, 0.05) is 11.6 Å². The Hall–Kier alpha value is -2.43. The summed E-state index contributed by atoms with van der Waals surface area (Å²) in [5.41, 5.74) is 0.951. The van der Waals surface area contributed by atoms with Crippen LogP contribution in [0.1, 0.15) is 30.1 Å². The molecule has 0 unspecified atom stereocenters. The predicted octanol–water partition coefficient (Wildman–Crippen LogP) is 3.65. The van der Waals surface area contributed by atoms with Crippen molar-refractivity contribution in [2.45, 2.75) is 19.8 Å². The van der Waals surface area contributed by atoms with Crippen LogP contribution in [0.25, 0.3) is 0 Å². The fourth-order valence-electron chi connectivity index (χ4n) is 1.67. The summed E-state index contributed by atoms with van der Waals surface area (Å²) in [7, 11) is 0. The van der Waals surface area contributed by atoms with E-state index in [2.05, 4.69) is 17.2 Å². The second-order valence-electron chi connectivity index (χ2n) is 4.55. The van der Waals surface area contributed by atoms with Crippen LogP contribution < -0.4 is 10.1 Å². The number of anilines is 1. The predicted molar refractivity (Wildman–Crippen MR) is 79.0 cm³/mol. The summed E-state index contributed by atoms with van der Waals surface area (Å²) in [5, 5.41) is 2.69. The van der Waals surface area contributed by atoms with E-state index >= 15 is 0 Å². The standard InChI is InChI=1S/C16H17FN2O2/c1-2-3-10-21-15-9-8-14(11-18-15)19-16(20)12-4-6-13(17)7-5-12/h4-9,11H,2-3,10H2,1H3,(H,19,20). The lowest BCUT2D eigenvalue weighted by Crippen LogP contribution is -2.12. The van der Waals surface area contributed by atoms with Crippen molar-refractivity contribution in [1.29, 1.82) is 0 Å². The number of pyridine rings is 1. The van der Waals surface area contributed by atoms with Crippen molar-refractivity contribution in [1.82, 2.24) is 4.98 Å². The van der Waals surface area contributed by atoms with Gasteiger partial charge in [-0.2, -0.15) is 0 Å². The molecule has 1 heterocycles. The average molecular weight is 288 g/mol. The summed E-state index contributed by atoms with van der Waals surface area (Å²) in [5.74, 6) is -0.151. The first kappa shape index (κ1) is 15.0. The lowest BCUT2D eigenvalue weighted by Gasteiger charge is -2.07. The van der Waals surface area contributed by atoms with Gasteiger partial charge in [-0.15, -0.1) is 0 Å². The van der Waals surface area contributed by atoms with Gasteiger partial charge in [-0.25, -0.2) is 9.37 Å². The van der Waals surface area contributed by atoms with Crippen LogP contribution in [0.5, 0.6) is 5.88 Å². The van der Waals surface area contributed by atoms with Gasteiger partial charge < -0.3 is 10.1 Å². The zero-order valence-electron chi connectivity index (χ0n) is 11.8. The summed E-state index contributed by atoms with van der Waals surface area (Å²) in [6.45, 7) is 2.72. The van der Waals surface area contributed by atoms with Gasteiger partial charge in [0.15, 0.2) is 0 Å². The van der Waals surface area contributed by atoms with Crippen LogP contribution >= 0.6 is 0 Å². The largest absolute Gasteiger partial charge is 0.478 e. The number of carbonyl (C=O) groups excluding carboxylic acids is 1. The minimum absolute atomic E-state index is 0.309. The molecular weight excluding hydrogens is 271 g/mol. The van der Waals surface area contributed by atoms with Gasteiger partial charge in [0.25, 0.3) is 5.91 Å². The topological polar surface area (TPSA) is 51.2 Å². The van der Waals surface area contributed by atoms with Gasteiger partial charge in [0.1, 0.15) is 5.82 Å². The van der Waals surface area contributed by atoms with Crippen LogP contribution in [0, 0.1) is 5.82 Å². The number of nitrogens with one attached hydrogen (secondary N) is 1. The fraction of sp³-hybridized carbons (Fsp3) is 0.250. The van der Waals surface area contributed by atoms with E-state index in [1.165, 1.54) is 30.5 Å². The zero-order chi connectivity index (χ0) is 15.1. The first-order valence-electron chi connectivity index (χ1n) is 6.85. The fourth-order valence-corrected chi connectivity index (χ4v) is 1.67. The quantitative estimate of drug-likeness (QED) is 0.825. The highest BCUT2D eigenvalue weighted by atomic mass is 19.1. The van der Waals surface area contributed by atoms with Crippen molar-refractivity contribution in [3.63, 3.8) is 0 Å². The van der Waals surface area contributed by atoms with Gasteiger partial charge in [0.2, 0.25) is 5.88 Å². The van der Waals surface area contributed by atoms with Crippen molar-refractivity contribution in [2.75, 3.05) is 11.9 Å². The SMILES string of the molecule is CCCCOc1ccc(NC(=O)c2ccc(F)cc2)cn1. The van der Waals surface area contributed by atoms with Crippen LogP contribution in [0.15, 0.2) is 42.6 Å². The van der Waals surface area contributed by atoms with E-state index in [0.29, 0.717) is 23.7 Å². The smallest absolute Gasteiger partial charge is 0.255 e. The molecule has 21 heavy (non-hydrogen) atoms. The third-order valence-corrected chi connectivity index (χ3v) is 2.85. The number of amides is 1. The third kappa shape index (κ3) is 4.56. The molecule has 1 N–H and O–H groups in total. The van der Waals surface area contributed by atoms with E-state index in [1.807, 2.05) is 0 Å². The molecule has 0 atom stereocenters. The summed E-state index contributed by atoms with van der Waals surface area (Å²) in [4.78, 5) is 16.0. The van der Waals surface area contributed by atoms with E-state index in [-0.39, 0.29) is 11.7 Å². The second-order valence-corrected chi connectivity index (χ2v) is 4.55. The first-order chi connectivity index (χ1) is 10.2. The Labute approximate surface area is 123 Å². The van der Waals surface area contributed by atoms with Crippen molar-refractivity contribution in [3.05, 3.63) is 54.0 Å². The lowest BCUT2D eigenvalue weighted by atomic mass is 10.2. The molecular formula is C16H17FN2O2. The molecule has 0 saturated carbocycles. The molecule has 1 aromatic heterocycles. The van der Waals surface area contributed by atoms with Gasteiger partial charge in [-0.05, 0) is 36.8 Å². The Bertz CT molecular complexity index is 582. The maximum atomic E-state index is 12.8. The molecule has 0 spiro atoms. The number of aromatic nitrogens is 1. The molecule has 0 aliphatic heterocycles. The van der Waals surface area contributed by atoms with Gasteiger partial charge in [0.05, 0.1) is 18.5 Å². The molecule has 0 aliphatic carbocycles. The molecule has 0 radical (unpaired) electrons. The van der Waals surface area contributed by atoms with Crippen LogP contribution in [-0.4, -0.2) is 17.5 Å². The molecule has 0 saturated heterocycles. The van der Waals surface area contributed by atoms with Crippen molar-refractivity contribution < 1.29 is 13.9 Å². The number of rotatable bonds is 6. The van der Waals surface area contributed by atoms with Crippen molar-refractivity contribution in [2.24, 2.45) is 0 Å². The number of hydrogen-bond acceptors (Lipinski definition) is 3. The minimum Gasteiger partial charge on any atom is -0.478 e. The molecule has 1 amide bonds. The summed E-state index contributed by atoms with van der Waals surface area (Å²) in [6.07, 6.45) is 3.57. The summed E-state index contributed by atoms with van der Waals surface area (Å²) in [6, 6.07) is 8.78. The Morgan fingerprint density at radius 1 is 1.24 bits per heavy atom. The highest BCUT2D eigenvalue weighted by Gasteiger charge is 2.06. The van der Waals surface area contributed by atoms with E-state index in [9.17, 15) is 9.18 Å². The van der Waals surface area contributed by atoms with Gasteiger partial charge >= 0.3 is 0 Å². The molecule has 5 heteroatoms. The van der Waals surface area contributed by atoms with Crippen LogP contribution in [-0.2, 0) is 0 Å². The van der Waals surface area contributed by atoms with E-state index in [0.717, 1.165) is 12.8 Å². The van der Waals surface area contributed by atoms with Gasteiger partial charge in [-0.1, -0.05) is 13.3 Å². The maximum Gasteiger partial charge on any atom is 0.255 e. The Kier molecular flexibility index (Phi) is 5.26. The van der Waals surface area contributed by atoms with Crippen molar-refractivity contribution in [3.8, 4) is 5.88 Å². The Balaban J connectivity index is 1.93. The normalized spacial score (nSPS) is 10.2. The summed E-state index contributed by atoms with van der Waals surface area (Å²) >= 11 is 0. The zero-order valence-corrected chi connectivity index (χ0v) is 11.8. The van der Waals surface area contributed by atoms with E-state index < -0.39 is 0 Å². The molecule has 2 aromatic rings. The number of ether oxygens (including phenoxy) is 1. The molecule has 0 bridgehead atoms. The van der Waals surface area contributed by atoms with Crippen LogP contribution in [0.3, 0.4) is 0 Å². The second kappa shape index (κ2) is 7.38. The number of hydrogen-bond donors (Lipinski definition) is 1. The minimum atomic E-state index is -0.373. The molecule has 1 aromatic carbocycles. The molecule has 110 valence electrons. The highest BCUT2D eigenvalue weighted by molar-refractivity contribution is 6.04. The number of carbonyl (C=O) groups is 1. The van der Waals surface area contributed by atoms with Crippen LogP contribution in [0.2, 0.25) is 0 Å². The summed E-state index contributed by atoms with van der Waals surface area (Å²) < 4.78 is 18.2. The number of nitrogens with zero attached hydrogens (tertiary/aromatic N) is 1. The third-order valence-electron chi connectivity index (χ3n) is 2.85. The van der Waals surface area contributed by atoms with Gasteiger partial charge in [-0.3, -0.25) is 4.79 Å². The highest BCUT2D eigenvalue weighted by Crippen LogP contribution is 2.13. The molecule has 0 fully saturated rings. The Morgan fingerprint density at radius 2 is 2.00 bits per heavy atom. The molecule has 2 rings (SSSR count). The maximum absolute atomic E-state index is 12.8. The lowest BCUT2D eigenvalue weighted by molar-refractivity contribution is 0.102. The van der Waals surface area contributed by atoms with E-state index in [1.54, 1.807) is 12.1 Å². The number of halogens is 1. The van der Waals surface area contributed by atoms with E-state index in [4.69, 9.17) is 4.74 Å². The van der Waals surface area contributed by atoms with Crippen LogP contribution in [0.4, 0.5) is 10.1 Å². The Morgan fingerprint density at radius 3 is 2.62 bits per heavy atom. The molecule has 4 nitrogen and oxygen atoms in total. The first-order valence-corrected chi connectivity index (χ1v) is 6.85. The van der Waals surface area contributed by atoms with Crippen molar-refractivity contribution >= 4 is 11.6 Å².